The lowest BCUT2D eigenvalue weighted by Gasteiger charge is -2.11. The Hall–Kier alpha value is -2.69. The summed E-state index contributed by atoms with van der Waals surface area (Å²) in [5.41, 5.74) is 7.60. The van der Waals surface area contributed by atoms with Gasteiger partial charge in [0.25, 0.3) is 0 Å². The van der Waals surface area contributed by atoms with E-state index in [2.05, 4.69) is 10.3 Å². The van der Waals surface area contributed by atoms with E-state index in [-0.39, 0.29) is 12.1 Å². The molecular formula is C16H13F2N3. The molecule has 0 saturated heterocycles. The Labute approximate surface area is 120 Å². The third kappa shape index (κ3) is 2.63. The van der Waals surface area contributed by atoms with Crippen LogP contribution < -0.4 is 11.1 Å². The highest BCUT2D eigenvalue weighted by molar-refractivity contribution is 6.00. The zero-order valence-electron chi connectivity index (χ0n) is 11.1. The zero-order chi connectivity index (χ0) is 14.8. The first-order chi connectivity index (χ1) is 10.1. The van der Waals surface area contributed by atoms with Crippen molar-refractivity contribution < 1.29 is 8.78 Å². The summed E-state index contributed by atoms with van der Waals surface area (Å²) in [6.45, 7) is 0.178. The molecule has 0 saturated carbocycles. The number of pyridine rings is 1. The predicted octanol–water partition coefficient (Wildman–Crippen LogP) is 3.71. The second-order valence-corrected chi connectivity index (χ2v) is 4.71. The number of rotatable bonds is 3. The van der Waals surface area contributed by atoms with Crippen LogP contribution >= 0.6 is 0 Å². The number of halogens is 2. The van der Waals surface area contributed by atoms with Crippen LogP contribution in [0.25, 0.3) is 10.8 Å². The Morgan fingerprint density at radius 3 is 2.76 bits per heavy atom. The minimum Gasteiger partial charge on any atom is -0.398 e. The molecule has 0 spiro atoms. The van der Waals surface area contributed by atoms with Gasteiger partial charge in [-0.1, -0.05) is 0 Å². The first kappa shape index (κ1) is 13.3. The third-order valence-electron chi connectivity index (χ3n) is 3.33. The maximum absolute atomic E-state index is 13.6. The van der Waals surface area contributed by atoms with E-state index < -0.39 is 11.6 Å². The lowest BCUT2D eigenvalue weighted by molar-refractivity contribution is 0.587. The summed E-state index contributed by atoms with van der Waals surface area (Å²) < 4.78 is 26.8. The SMILES string of the molecule is Nc1ccc(NCc2cc(F)ccc2F)c2cnccc12. The Bertz CT molecular complexity index is 803. The van der Waals surface area contributed by atoms with Crippen LogP contribution in [0.1, 0.15) is 5.56 Å². The molecular weight excluding hydrogens is 272 g/mol. The largest absolute Gasteiger partial charge is 0.398 e. The molecule has 0 amide bonds. The molecule has 0 fully saturated rings. The summed E-state index contributed by atoms with van der Waals surface area (Å²) in [7, 11) is 0. The second kappa shape index (κ2) is 5.36. The molecule has 3 N–H and O–H groups in total. The van der Waals surface area contributed by atoms with Crippen LogP contribution in [-0.4, -0.2) is 4.98 Å². The number of nitrogens with two attached hydrogens (primary N) is 1. The molecule has 0 aliphatic carbocycles. The number of hydrogen-bond donors (Lipinski definition) is 2. The summed E-state index contributed by atoms with van der Waals surface area (Å²) in [5, 5.41) is 4.81. The minimum absolute atomic E-state index is 0.178. The zero-order valence-corrected chi connectivity index (χ0v) is 11.1. The van der Waals surface area contributed by atoms with Crippen molar-refractivity contribution in [2.45, 2.75) is 6.54 Å². The molecule has 1 heterocycles. The van der Waals surface area contributed by atoms with Gasteiger partial charge in [-0.05, 0) is 36.4 Å². The van der Waals surface area contributed by atoms with E-state index >= 15 is 0 Å². The number of nitrogens with one attached hydrogen (secondary N) is 1. The van der Waals surface area contributed by atoms with Crippen molar-refractivity contribution in [3.8, 4) is 0 Å². The van der Waals surface area contributed by atoms with Gasteiger partial charge in [0.2, 0.25) is 0 Å². The van der Waals surface area contributed by atoms with E-state index in [0.29, 0.717) is 5.69 Å². The number of anilines is 2. The Balaban J connectivity index is 1.92. The van der Waals surface area contributed by atoms with E-state index in [4.69, 9.17) is 5.73 Å². The standard InChI is InChI=1S/C16H13F2N3/c17-11-1-2-14(18)10(7-11)8-21-16-4-3-15(19)12-5-6-20-9-13(12)16/h1-7,9,21H,8,19H2. The van der Waals surface area contributed by atoms with Gasteiger partial charge < -0.3 is 11.1 Å². The number of nitrogen functional groups attached to an aromatic ring is 1. The first-order valence-corrected chi connectivity index (χ1v) is 6.45. The van der Waals surface area contributed by atoms with Crippen molar-refractivity contribution in [1.82, 2.24) is 4.98 Å². The summed E-state index contributed by atoms with van der Waals surface area (Å²) in [6.07, 6.45) is 3.35. The lowest BCUT2D eigenvalue weighted by Crippen LogP contribution is -2.03. The molecule has 1 aromatic heterocycles. The van der Waals surface area contributed by atoms with Crippen LogP contribution in [0.15, 0.2) is 48.8 Å². The molecule has 0 aliphatic heterocycles. The fourth-order valence-corrected chi connectivity index (χ4v) is 2.24. The summed E-state index contributed by atoms with van der Waals surface area (Å²) in [6, 6.07) is 8.79. The first-order valence-electron chi connectivity index (χ1n) is 6.45. The highest BCUT2D eigenvalue weighted by Gasteiger charge is 2.07. The molecule has 0 radical (unpaired) electrons. The average molecular weight is 285 g/mol. The van der Waals surface area contributed by atoms with Gasteiger partial charge in [-0.3, -0.25) is 4.98 Å². The van der Waals surface area contributed by atoms with E-state index in [1.54, 1.807) is 24.5 Å². The number of nitrogens with zero attached hydrogens (tertiary/aromatic N) is 1. The van der Waals surface area contributed by atoms with E-state index in [1.807, 2.05) is 6.07 Å². The normalized spacial score (nSPS) is 10.8. The summed E-state index contributed by atoms with van der Waals surface area (Å²) >= 11 is 0. The minimum atomic E-state index is -0.461. The molecule has 21 heavy (non-hydrogen) atoms. The molecule has 106 valence electrons. The number of hydrogen-bond acceptors (Lipinski definition) is 3. The molecule has 0 unspecified atom stereocenters. The summed E-state index contributed by atoms with van der Waals surface area (Å²) in [4.78, 5) is 4.07. The van der Waals surface area contributed by atoms with Gasteiger partial charge >= 0.3 is 0 Å². The van der Waals surface area contributed by atoms with Crippen LogP contribution in [0.4, 0.5) is 20.2 Å². The molecule has 0 atom stereocenters. The van der Waals surface area contributed by atoms with Crippen molar-refractivity contribution >= 4 is 22.1 Å². The summed E-state index contributed by atoms with van der Waals surface area (Å²) in [5.74, 6) is -0.904. The molecule has 0 bridgehead atoms. The quantitative estimate of drug-likeness (QED) is 0.721. The molecule has 3 aromatic rings. The second-order valence-electron chi connectivity index (χ2n) is 4.71. The van der Waals surface area contributed by atoms with Gasteiger partial charge in [0, 0.05) is 46.6 Å². The molecule has 2 aromatic carbocycles. The Morgan fingerprint density at radius 1 is 1.05 bits per heavy atom. The fraction of sp³-hybridized carbons (Fsp3) is 0.0625. The average Bonchev–Trinajstić information content (AvgIpc) is 2.50. The van der Waals surface area contributed by atoms with Gasteiger partial charge in [0.05, 0.1) is 0 Å². The van der Waals surface area contributed by atoms with Crippen LogP contribution in [0.2, 0.25) is 0 Å². The Morgan fingerprint density at radius 2 is 1.90 bits per heavy atom. The van der Waals surface area contributed by atoms with Crippen LogP contribution in [-0.2, 0) is 6.54 Å². The van der Waals surface area contributed by atoms with Gasteiger partial charge in [-0.2, -0.15) is 0 Å². The maximum atomic E-state index is 13.6. The van der Waals surface area contributed by atoms with Crippen molar-refractivity contribution in [2.75, 3.05) is 11.1 Å². The molecule has 3 rings (SSSR count). The highest BCUT2D eigenvalue weighted by Crippen LogP contribution is 2.27. The predicted molar refractivity (Wildman–Crippen MR) is 79.8 cm³/mol. The van der Waals surface area contributed by atoms with E-state index in [1.165, 1.54) is 6.07 Å². The monoisotopic (exact) mass is 285 g/mol. The smallest absolute Gasteiger partial charge is 0.128 e. The van der Waals surface area contributed by atoms with Crippen LogP contribution in [0, 0.1) is 11.6 Å². The van der Waals surface area contributed by atoms with Crippen molar-refractivity contribution in [1.29, 1.82) is 0 Å². The van der Waals surface area contributed by atoms with E-state index in [9.17, 15) is 8.78 Å². The number of aromatic nitrogens is 1. The number of fused-ring (bicyclic) bond motifs is 1. The topological polar surface area (TPSA) is 50.9 Å². The fourth-order valence-electron chi connectivity index (χ4n) is 2.24. The third-order valence-corrected chi connectivity index (χ3v) is 3.33. The van der Waals surface area contributed by atoms with Crippen molar-refractivity contribution in [2.24, 2.45) is 0 Å². The molecule has 0 aliphatic rings. The highest BCUT2D eigenvalue weighted by atomic mass is 19.1. The van der Waals surface area contributed by atoms with Gasteiger partial charge in [-0.25, -0.2) is 8.78 Å². The Kier molecular flexibility index (Phi) is 3.39. The van der Waals surface area contributed by atoms with Crippen LogP contribution in [0.3, 0.4) is 0 Å². The van der Waals surface area contributed by atoms with E-state index in [0.717, 1.165) is 28.6 Å². The molecule has 5 heteroatoms. The van der Waals surface area contributed by atoms with Crippen LogP contribution in [0.5, 0.6) is 0 Å². The van der Waals surface area contributed by atoms with Gasteiger partial charge in [0.15, 0.2) is 0 Å². The molecule has 3 nitrogen and oxygen atoms in total. The van der Waals surface area contributed by atoms with Gasteiger partial charge in [0.1, 0.15) is 11.6 Å². The van der Waals surface area contributed by atoms with Crippen molar-refractivity contribution in [3.63, 3.8) is 0 Å². The van der Waals surface area contributed by atoms with Gasteiger partial charge in [-0.15, -0.1) is 0 Å². The number of benzene rings is 2. The van der Waals surface area contributed by atoms with Crippen molar-refractivity contribution in [3.05, 3.63) is 66.0 Å². The maximum Gasteiger partial charge on any atom is 0.128 e. The lowest BCUT2D eigenvalue weighted by atomic mass is 10.1.